The van der Waals surface area contributed by atoms with Crippen LogP contribution >= 0.6 is 11.6 Å². The van der Waals surface area contributed by atoms with E-state index in [2.05, 4.69) is 10.3 Å². The van der Waals surface area contributed by atoms with Crippen molar-refractivity contribution in [2.75, 3.05) is 5.32 Å². The lowest BCUT2D eigenvalue weighted by molar-refractivity contribution is -0.119. The molecule has 5 heteroatoms. The monoisotopic (exact) mass is 291 g/mol. The summed E-state index contributed by atoms with van der Waals surface area (Å²) in [6, 6.07) is 6.55. The van der Waals surface area contributed by atoms with E-state index in [0.717, 1.165) is 5.39 Å². The molecule has 0 fully saturated rings. The minimum atomic E-state index is -0.600. The van der Waals surface area contributed by atoms with Gasteiger partial charge >= 0.3 is 0 Å². The standard InChI is InChI=1S/C15H18ClN3O/c1-15(2,3)13(17)14(20)19-11-7-6-10(16)9-5-4-8-18-12(9)11/h4-8,13H,17H2,1-3H3,(H,19,20)/t13-/m1/s1. The summed E-state index contributed by atoms with van der Waals surface area (Å²) in [5, 5.41) is 4.24. The van der Waals surface area contributed by atoms with Gasteiger partial charge in [-0.3, -0.25) is 9.78 Å². The molecule has 0 radical (unpaired) electrons. The quantitative estimate of drug-likeness (QED) is 0.893. The number of hydrogen-bond acceptors (Lipinski definition) is 3. The number of anilines is 1. The average molecular weight is 292 g/mol. The summed E-state index contributed by atoms with van der Waals surface area (Å²) in [7, 11) is 0. The predicted molar refractivity (Wildman–Crippen MR) is 82.8 cm³/mol. The summed E-state index contributed by atoms with van der Waals surface area (Å²) >= 11 is 6.12. The number of carbonyl (C=O) groups is 1. The van der Waals surface area contributed by atoms with Gasteiger partial charge in [-0.05, 0) is 29.7 Å². The fourth-order valence-electron chi connectivity index (χ4n) is 1.84. The number of benzene rings is 1. The Labute approximate surface area is 123 Å². The van der Waals surface area contributed by atoms with Crippen molar-refractivity contribution >= 4 is 34.1 Å². The van der Waals surface area contributed by atoms with Gasteiger partial charge in [0.1, 0.15) is 0 Å². The first-order valence-electron chi connectivity index (χ1n) is 6.40. The van der Waals surface area contributed by atoms with E-state index in [-0.39, 0.29) is 11.3 Å². The van der Waals surface area contributed by atoms with Gasteiger partial charge in [-0.1, -0.05) is 32.4 Å². The van der Waals surface area contributed by atoms with Crippen molar-refractivity contribution in [2.24, 2.45) is 11.1 Å². The highest BCUT2D eigenvalue weighted by Crippen LogP contribution is 2.28. The van der Waals surface area contributed by atoms with E-state index in [9.17, 15) is 4.79 Å². The van der Waals surface area contributed by atoms with Crippen molar-refractivity contribution < 1.29 is 4.79 Å². The topological polar surface area (TPSA) is 68.0 Å². The van der Waals surface area contributed by atoms with Gasteiger partial charge in [-0.15, -0.1) is 0 Å². The van der Waals surface area contributed by atoms with E-state index >= 15 is 0 Å². The van der Waals surface area contributed by atoms with Gasteiger partial charge in [-0.2, -0.15) is 0 Å². The van der Waals surface area contributed by atoms with Crippen LogP contribution in [0.15, 0.2) is 30.5 Å². The molecule has 1 atom stereocenters. The zero-order valence-corrected chi connectivity index (χ0v) is 12.5. The molecule has 0 aliphatic rings. The Kier molecular flexibility index (Phi) is 3.97. The molecule has 4 nitrogen and oxygen atoms in total. The van der Waals surface area contributed by atoms with Crippen molar-refractivity contribution in [3.63, 3.8) is 0 Å². The molecular formula is C15H18ClN3O. The Balaban J connectivity index is 2.36. The number of aromatic nitrogens is 1. The first-order valence-corrected chi connectivity index (χ1v) is 6.78. The molecule has 0 spiro atoms. The predicted octanol–water partition coefficient (Wildman–Crippen LogP) is 3.20. The zero-order chi connectivity index (χ0) is 14.9. The molecular weight excluding hydrogens is 274 g/mol. The second-order valence-electron chi connectivity index (χ2n) is 5.83. The van der Waals surface area contributed by atoms with Crippen LogP contribution in [-0.2, 0) is 4.79 Å². The van der Waals surface area contributed by atoms with E-state index in [0.29, 0.717) is 16.2 Å². The summed E-state index contributed by atoms with van der Waals surface area (Å²) < 4.78 is 0. The Morgan fingerprint density at radius 2 is 2.05 bits per heavy atom. The fourth-order valence-corrected chi connectivity index (χ4v) is 2.06. The summed E-state index contributed by atoms with van der Waals surface area (Å²) in [6.45, 7) is 5.78. The van der Waals surface area contributed by atoms with Crippen LogP contribution in [0.3, 0.4) is 0 Å². The van der Waals surface area contributed by atoms with Gasteiger partial charge in [-0.25, -0.2) is 0 Å². The first kappa shape index (κ1) is 14.8. The van der Waals surface area contributed by atoms with Crippen LogP contribution in [0.2, 0.25) is 5.02 Å². The number of pyridine rings is 1. The Bertz CT molecular complexity index is 649. The average Bonchev–Trinajstić information content (AvgIpc) is 2.40. The highest BCUT2D eigenvalue weighted by atomic mass is 35.5. The second kappa shape index (κ2) is 5.38. The third-order valence-electron chi connectivity index (χ3n) is 3.19. The van der Waals surface area contributed by atoms with Crippen LogP contribution < -0.4 is 11.1 Å². The Hall–Kier alpha value is -1.65. The van der Waals surface area contributed by atoms with E-state index in [1.807, 2.05) is 26.8 Å². The van der Waals surface area contributed by atoms with Crippen LogP contribution in [0, 0.1) is 5.41 Å². The maximum absolute atomic E-state index is 12.2. The van der Waals surface area contributed by atoms with Crippen molar-refractivity contribution in [1.82, 2.24) is 4.98 Å². The molecule has 2 rings (SSSR count). The van der Waals surface area contributed by atoms with Crippen molar-refractivity contribution in [2.45, 2.75) is 26.8 Å². The summed E-state index contributed by atoms with van der Waals surface area (Å²) in [6.07, 6.45) is 1.66. The lowest BCUT2D eigenvalue weighted by Crippen LogP contribution is -2.45. The Morgan fingerprint density at radius 3 is 2.70 bits per heavy atom. The molecule has 106 valence electrons. The lowest BCUT2D eigenvalue weighted by Gasteiger charge is -2.26. The first-order chi connectivity index (χ1) is 9.30. The molecule has 1 amide bonds. The molecule has 2 aromatic rings. The number of halogens is 1. The number of fused-ring (bicyclic) bond motifs is 1. The van der Waals surface area contributed by atoms with Crippen molar-refractivity contribution in [1.29, 1.82) is 0 Å². The Morgan fingerprint density at radius 1 is 1.35 bits per heavy atom. The maximum Gasteiger partial charge on any atom is 0.241 e. The SMILES string of the molecule is CC(C)(C)[C@H](N)C(=O)Nc1ccc(Cl)c2cccnc12. The molecule has 0 saturated carbocycles. The third-order valence-corrected chi connectivity index (χ3v) is 3.52. The maximum atomic E-state index is 12.2. The summed E-state index contributed by atoms with van der Waals surface area (Å²) in [4.78, 5) is 16.5. The smallest absolute Gasteiger partial charge is 0.241 e. The molecule has 0 saturated heterocycles. The second-order valence-corrected chi connectivity index (χ2v) is 6.23. The van der Waals surface area contributed by atoms with Crippen LogP contribution in [0.5, 0.6) is 0 Å². The molecule has 0 unspecified atom stereocenters. The van der Waals surface area contributed by atoms with Gasteiger partial charge in [0.05, 0.1) is 22.3 Å². The number of hydrogen-bond donors (Lipinski definition) is 2. The number of nitrogens with zero attached hydrogens (tertiary/aromatic N) is 1. The fraction of sp³-hybridized carbons (Fsp3) is 0.333. The molecule has 1 heterocycles. The third kappa shape index (κ3) is 2.92. The zero-order valence-electron chi connectivity index (χ0n) is 11.8. The minimum absolute atomic E-state index is 0.230. The number of nitrogens with one attached hydrogen (secondary N) is 1. The minimum Gasteiger partial charge on any atom is -0.323 e. The largest absolute Gasteiger partial charge is 0.323 e. The summed E-state index contributed by atoms with van der Waals surface area (Å²) in [5.41, 5.74) is 6.93. The molecule has 1 aromatic heterocycles. The molecule has 0 aliphatic heterocycles. The normalized spacial score (nSPS) is 13.2. The molecule has 1 aromatic carbocycles. The van der Waals surface area contributed by atoms with E-state index in [4.69, 9.17) is 17.3 Å². The van der Waals surface area contributed by atoms with Crippen molar-refractivity contribution in [3.8, 4) is 0 Å². The van der Waals surface area contributed by atoms with E-state index in [1.54, 1.807) is 24.4 Å². The van der Waals surface area contributed by atoms with Crippen LogP contribution in [-0.4, -0.2) is 16.9 Å². The van der Waals surface area contributed by atoms with Crippen LogP contribution in [0.4, 0.5) is 5.69 Å². The lowest BCUT2D eigenvalue weighted by atomic mass is 9.87. The van der Waals surface area contributed by atoms with Crippen LogP contribution in [0.1, 0.15) is 20.8 Å². The van der Waals surface area contributed by atoms with Gasteiger partial charge in [0.15, 0.2) is 0 Å². The van der Waals surface area contributed by atoms with Gasteiger partial charge < -0.3 is 11.1 Å². The van der Waals surface area contributed by atoms with Crippen molar-refractivity contribution in [3.05, 3.63) is 35.5 Å². The molecule has 3 N–H and O–H groups in total. The number of amides is 1. The van der Waals surface area contributed by atoms with E-state index < -0.39 is 6.04 Å². The van der Waals surface area contributed by atoms with Gasteiger partial charge in [0.25, 0.3) is 0 Å². The highest BCUT2D eigenvalue weighted by molar-refractivity contribution is 6.35. The number of rotatable bonds is 2. The summed E-state index contributed by atoms with van der Waals surface area (Å²) in [5.74, 6) is -0.230. The molecule has 20 heavy (non-hydrogen) atoms. The highest BCUT2D eigenvalue weighted by Gasteiger charge is 2.27. The molecule has 0 bridgehead atoms. The van der Waals surface area contributed by atoms with Gasteiger partial charge in [0, 0.05) is 11.6 Å². The van der Waals surface area contributed by atoms with Crippen LogP contribution in [0.25, 0.3) is 10.9 Å². The van der Waals surface area contributed by atoms with Gasteiger partial charge in [0.2, 0.25) is 5.91 Å². The molecule has 0 aliphatic carbocycles. The number of carbonyl (C=O) groups excluding carboxylic acids is 1. The number of nitrogens with two attached hydrogens (primary N) is 1. The van der Waals surface area contributed by atoms with E-state index in [1.165, 1.54) is 0 Å².